The lowest BCUT2D eigenvalue weighted by molar-refractivity contribution is -0.116. The first-order valence-electron chi connectivity index (χ1n) is 12.0. The van der Waals surface area contributed by atoms with Crippen molar-refractivity contribution in [1.82, 2.24) is 9.97 Å². The van der Waals surface area contributed by atoms with Crippen LogP contribution < -0.4 is 20.5 Å². The Morgan fingerprint density at radius 1 is 0.971 bits per heavy atom. The molecule has 0 bridgehead atoms. The Labute approximate surface area is 202 Å². The van der Waals surface area contributed by atoms with Crippen molar-refractivity contribution in [2.45, 2.75) is 25.2 Å². The van der Waals surface area contributed by atoms with Gasteiger partial charge in [-0.1, -0.05) is 30.3 Å². The van der Waals surface area contributed by atoms with Crippen LogP contribution in [0.4, 0.5) is 11.8 Å². The molecule has 0 saturated carbocycles. The summed E-state index contributed by atoms with van der Waals surface area (Å²) in [5.74, 6) is 1.97. The summed E-state index contributed by atoms with van der Waals surface area (Å²) in [5, 5.41) is 3.34. The Kier molecular flexibility index (Phi) is 5.58. The lowest BCUT2D eigenvalue weighted by Gasteiger charge is -2.34. The monoisotopic (exact) mass is 470 g/mol. The molecule has 3 heterocycles. The Hall–Kier alpha value is -3.91. The number of aromatic amines is 1. The second-order valence-corrected chi connectivity index (χ2v) is 8.97. The first-order valence-corrected chi connectivity index (χ1v) is 12.0. The van der Waals surface area contributed by atoms with Crippen LogP contribution in [-0.2, 0) is 9.53 Å². The van der Waals surface area contributed by atoms with E-state index >= 15 is 0 Å². The topological polar surface area (TPSA) is 96.5 Å². The summed E-state index contributed by atoms with van der Waals surface area (Å²) in [6.07, 6.45) is 2.01. The Balaban J connectivity index is 1.45. The number of ether oxygens (including phenoxy) is 2. The van der Waals surface area contributed by atoms with E-state index in [-0.39, 0.29) is 11.3 Å². The molecule has 3 aliphatic rings. The smallest absolute Gasteiger partial charge is 0.258 e. The predicted molar refractivity (Wildman–Crippen MR) is 132 cm³/mol. The number of fused-ring (bicyclic) bond motifs is 1. The fourth-order valence-corrected chi connectivity index (χ4v) is 5.09. The standard InChI is InChI=1S/C27H26N4O4/c32-21-11-5-10-20-23(21)22(17-6-4-9-19(16-17)35-18-7-2-1-3-8-18)24-25(28-20)29-27(30-26(24)33)31-12-14-34-15-13-31/h1-4,6-9,16,22H,5,10-15H2,(H2,28,29,30,33). The molecule has 3 aromatic rings. The normalized spacial score (nSPS) is 19.6. The highest BCUT2D eigenvalue weighted by Crippen LogP contribution is 2.44. The minimum absolute atomic E-state index is 0.0698. The average Bonchev–Trinajstić information content (AvgIpc) is 2.89. The zero-order chi connectivity index (χ0) is 23.8. The number of para-hydroxylation sites is 1. The van der Waals surface area contributed by atoms with Gasteiger partial charge in [0.1, 0.15) is 17.3 Å². The van der Waals surface area contributed by atoms with Gasteiger partial charge in [0.25, 0.3) is 5.56 Å². The fourth-order valence-electron chi connectivity index (χ4n) is 5.09. The maximum atomic E-state index is 13.5. The van der Waals surface area contributed by atoms with Crippen LogP contribution in [0.5, 0.6) is 11.5 Å². The van der Waals surface area contributed by atoms with Gasteiger partial charge in [-0.3, -0.25) is 14.6 Å². The number of hydrogen-bond acceptors (Lipinski definition) is 7. The SMILES string of the molecule is O=C1CCCC2=C1C(c1cccc(Oc3ccccc3)c1)c1c(nc(N3CCOCC3)[nH]c1=O)N2. The van der Waals surface area contributed by atoms with Crippen LogP contribution in [-0.4, -0.2) is 42.1 Å². The third-order valence-electron chi connectivity index (χ3n) is 6.73. The molecule has 2 aliphatic heterocycles. The number of ketones is 1. The highest BCUT2D eigenvalue weighted by Gasteiger charge is 2.38. The van der Waals surface area contributed by atoms with E-state index in [1.807, 2.05) is 59.5 Å². The molecular weight excluding hydrogens is 444 g/mol. The number of rotatable bonds is 4. The van der Waals surface area contributed by atoms with Gasteiger partial charge in [-0.05, 0) is 42.7 Å². The molecule has 1 atom stereocenters. The minimum atomic E-state index is -0.511. The summed E-state index contributed by atoms with van der Waals surface area (Å²) >= 11 is 0. The molecule has 1 unspecified atom stereocenters. The summed E-state index contributed by atoms with van der Waals surface area (Å²) in [7, 11) is 0. The summed E-state index contributed by atoms with van der Waals surface area (Å²) in [6, 6.07) is 17.2. The second kappa shape index (κ2) is 9.03. The number of H-pyrrole nitrogens is 1. The molecule has 0 amide bonds. The fraction of sp³-hybridized carbons (Fsp3) is 0.296. The lowest BCUT2D eigenvalue weighted by atomic mass is 9.76. The predicted octanol–water partition coefficient (Wildman–Crippen LogP) is 3.96. The summed E-state index contributed by atoms with van der Waals surface area (Å²) in [5.41, 5.74) is 2.57. The van der Waals surface area contributed by atoms with Crippen LogP contribution in [0.2, 0.25) is 0 Å². The summed E-state index contributed by atoms with van der Waals surface area (Å²) in [6.45, 7) is 2.51. The van der Waals surface area contributed by atoms with Crippen LogP contribution in [0.1, 0.15) is 36.3 Å². The molecule has 1 aliphatic carbocycles. The number of aromatic nitrogens is 2. The van der Waals surface area contributed by atoms with Crippen molar-refractivity contribution in [2.24, 2.45) is 0 Å². The zero-order valence-corrected chi connectivity index (χ0v) is 19.3. The third kappa shape index (κ3) is 4.10. The number of hydrogen-bond donors (Lipinski definition) is 2. The van der Waals surface area contributed by atoms with Crippen molar-refractivity contribution in [2.75, 3.05) is 36.5 Å². The number of carbonyl (C=O) groups excluding carboxylic acids is 1. The first-order chi connectivity index (χ1) is 17.2. The van der Waals surface area contributed by atoms with Gasteiger partial charge in [0.2, 0.25) is 5.95 Å². The minimum Gasteiger partial charge on any atom is -0.457 e. The van der Waals surface area contributed by atoms with E-state index in [2.05, 4.69) is 10.3 Å². The largest absolute Gasteiger partial charge is 0.457 e. The summed E-state index contributed by atoms with van der Waals surface area (Å²) in [4.78, 5) is 36.4. The number of allylic oxidation sites excluding steroid dienone is 2. The van der Waals surface area contributed by atoms with Crippen molar-refractivity contribution in [3.05, 3.63) is 87.3 Å². The molecule has 2 N–H and O–H groups in total. The molecule has 0 spiro atoms. The zero-order valence-electron chi connectivity index (χ0n) is 19.3. The van der Waals surface area contributed by atoms with Gasteiger partial charge < -0.3 is 19.7 Å². The van der Waals surface area contributed by atoms with Crippen molar-refractivity contribution < 1.29 is 14.3 Å². The number of morpholine rings is 1. The highest BCUT2D eigenvalue weighted by atomic mass is 16.5. The van der Waals surface area contributed by atoms with Gasteiger partial charge in [-0.15, -0.1) is 0 Å². The van der Waals surface area contributed by atoms with E-state index in [1.165, 1.54) is 0 Å². The van der Waals surface area contributed by atoms with Gasteiger partial charge in [-0.25, -0.2) is 0 Å². The van der Waals surface area contributed by atoms with E-state index in [0.29, 0.717) is 61.4 Å². The molecule has 2 aromatic carbocycles. The molecule has 1 fully saturated rings. The lowest BCUT2D eigenvalue weighted by Crippen LogP contribution is -2.40. The number of benzene rings is 2. The van der Waals surface area contributed by atoms with E-state index in [1.54, 1.807) is 0 Å². The molecule has 8 nitrogen and oxygen atoms in total. The van der Waals surface area contributed by atoms with Crippen LogP contribution >= 0.6 is 0 Å². The Morgan fingerprint density at radius 2 is 1.77 bits per heavy atom. The van der Waals surface area contributed by atoms with Crippen molar-refractivity contribution >= 4 is 17.5 Å². The van der Waals surface area contributed by atoms with Gasteiger partial charge in [0, 0.05) is 36.7 Å². The molecule has 178 valence electrons. The van der Waals surface area contributed by atoms with Gasteiger partial charge in [0.15, 0.2) is 5.78 Å². The van der Waals surface area contributed by atoms with Crippen molar-refractivity contribution in [3.8, 4) is 11.5 Å². The molecule has 35 heavy (non-hydrogen) atoms. The molecule has 1 saturated heterocycles. The molecule has 8 heteroatoms. The Bertz CT molecular complexity index is 1360. The quantitative estimate of drug-likeness (QED) is 0.596. The van der Waals surface area contributed by atoms with Crippen LogP contribution in [0.15, 0.2) is 70.7 Å². The highest BCUT2D eigenvalue weighted by molar-refractivity contribution is 6.00. The van der Waals surface area contributed by atoms with Crippen LogP contribution in [0.3, 0.4) is 0 Å². The van der Waals surface area contributed by atoms with E-state index in [9.17, 15) is 9.59 Å². The maximum Gasteiger partial charge on any atom is 0.258 e. The molecular formula is C27H26N4O4. The number of anilines is 2. The van der Waals surface area contributed by atoms with Gasteiger partial charge in [-0.2, -0.15) is 4.98 Å². The van der Waals surface area contributed by atoms with Gasteiger partial charge >= 0.3 is 0 Å². The van der Waals surface area contributed by atoms with Crippen LogP contribution in [0, 0.1) is 0 Å². The third-order valence-corrected chi connectivity index (χ3v) is 6.73. The van der Waals surface area contributed by atoms with Crippen molar-refractivity contribution in [1.29, 1.82) is 0 Å². The molecule has 1 aromatic heterocycles. The maximum absolute atomic E-state index is 13.5. The van der Waals surface area contributed by atoms with Crippen molar-refractivity contribution in [3.63, 3.8) is 0 Å². The first kappa shape index (κ1) is 21.6. The Morgan fingerprint density at radius 3 is 2.60 bits per heavy atom. The van der Waals surface area contributed by atoms with Crippen LogP contribution in [0.25, 0.3) is 0 Å². The van der Waals surface area contributed by atoms with E-state index < -0.39 is 5.92 Å². The number of Topliss-reactive ketones (excluding diaryl/α,β-unsaturated/α-hetero) is 1. The number of nitrogens with zero attached hydrogens (tertiary/aromatic N) is 2. The summed E-state index contributed by atoms with van der Waals surface area (Å²) < 4.78 is 11.5. The number of carbonyl (C=O) groups is 1. The molecule has 0 radical (unpaired) electrons. The van der Waals surface area contributed by atoms with E-state index in [4.69, 9.17) is 14.5 Å². The van der Waals surface area contributed by atoms with Gasteiger partial charge in [0.05, 0.1) is 18.8 Å². The average molecular weight is 471 g/mol. The molecule has 6 rings (SSSR count). The number of nitrogens with one attached hydrogen (secondary N) is 2. The van der Waals surface area contributed by atoms with E-state index in [0.717, 1.165) is 29.9 Å². The second-order valence-electron chi connectivity index (χ2n) is 8.97.